The molecule has 1 unspecified atom stereocenters. The van der Waals surface area contributed by atoms with Gasteiger partial charge in [0.1, 0.15) is 0 Å². The Hall–Kier alpha value is -2.61. The average molecular weight is 319 g/mol. The summed E-state index contributed by atoms with van der Waals surface area (Å²) in [4.78, 5) is 27.4. The van der Waals surface area contributed by atoms with Gasteiger partial charge in [-0.1, -0.05) is 6.07 Å². The van der Waals surface area contributed by atoms with E-state index in [2.05, 4.69) is 15.5 Å². The van der Waals surface area contributed by atoms with E-state index >= 15 is 0 Å². The Kier molecular flexibility index (Phi) is 4.16. The number of nitrogens with zero attached hydrogens (tertiary/aromatic N) is 1. The van der Waals surface area contributed by atoms with Crippen LogP contribution >= 0.6 is 0 Å². The Morgan fingerprint density at radius 1 is 1.52 bits per heavy atom. The summed E-state index contributed by atoms with van der Waals surface area (Å²) < 4.78 is 9.84. The monoisotopic (exact) mass is 319 g/mol. The van der Waals surface area contributed by atoms with E-state index in [9.17, 15) is 14.7 Å². The first kappa shape index (κ1) is 15.3. The summed E-state index contributed by atoms with van der Waals surface area (Å²) in [6.07, 6.45) is 2.46. The fraction of sp³-hybridized carbons (Fsp3) is 0.400. The van der Waals surface area contributed by atoms with Crippen LogP contribution in [0.1, 0.15) is 35.0 Å². The Labute approximate surface area is 131 Å². The number of carbonyl (C=O) groups excluding carboxylic acids is 1. The van der Waals surface area contributed by atoms with Crippen molar-refractivity contribution in [1.29, 1.82) is 0 Å². The second-order valence-corrected chi connectivity index (χ2v) is 5.55. The summed E-state index contributed by atoms with van der Waals surface area (Å²) in [5.74, 6) is -0.00851. The largest absolute Gasteiger partial charge is 0.481 e. The van der Waals surface area contributed by atoms with Gasteiger partial charge in [0.25, 0.3) is 11.5 Å². The third-order valence-electron chi connectivity index (χ3n) is 3.98. The highest BCUT2D eigenvalue weighted by molar-refractivity contribution is 5.91. The van der Waals surface area contributed by atoms with Gasteiger partial charge in [-0.15, -0.1) is 0 Å². The van der Waals surface area contributed by atoms with Crippen molar-refractivity contribution in [2.45, 2.75) is 25.0 Å². The molecule has 8 heteroatoms. The highest BCUT2D eigenvalue weighted by Gasteiger charge is 2.36. The second-order valence-electron chi connectivity index (χ2n) is 5.55. The predicted octanol–water partition coefficient (Wildman–Crippen LogP) is 0.613. The number of aliphatic hydroxyl groups excluding tert-OH is 1. The van der Waals surface area contributed by atoms with Crippen LogP contribution in [0.3, 0.4) is 0 Å². The summed E-state index contributed by atoms with van der Waals surface area (Å²) in [5, 5.41) is 14.5. The van der Waals surface area contributed by atoms with Gasteiger partial charge in [0.05, 0.1) is 25.3 Å². The molecule has 0 aliphatic heterocycles. The van der Waals surface area contributed by atoms with E-state index in [0.717, 1.165) is 11.6 Å². The first-order valence-electron chi connectivity index (χ1n) is 7.24. The fourth-order valence-corrected chi connectivity index (χ4v) is 2.68. The number of hydrogen-bond donors (Lipinski definition) is 3. The number of aliphatic hydroxyl groups is 1. The molecule has 3 N–H and O–H groups in total. The smallest absolute Gasteiger partial charge is 0.290 e. The molecule has 1 aliphatic carbocycles. The minimum absolute atomic E-state index is 0.0821. The average Bonchev–Trinajstić information content (AvgIpc) is 2.96. The van der Waals surface area contributed by atoms with Crippen LogP contribution in [0.5, 0.6) is 5.88 Å². The van der Waals surface area contributed by atoms with E-state index in [0.29, 0.717) is 18.7 Å². The van der Waals surface area contributed by atoms with Crippen LogP contribution in [-0.4, -0.2) is 34.4 Å². The number of hydrogen-bond acceptors (Lipinski definition) is 6. The lowest BCUT2D eigenvalue weighted by Gasteiger charge is -2.38. The number of amides is 1. The molecule has 0 bridgehead atoms. The number of ether oxygens (including phenoxy) is 1. The van der Waals surface area contributed by atoms with Crippen molar-refractivity contribution in [1.82, 2.24) is 15.5 Å². The Bertz CT molecular complexity index is 730. The van der Waals surface area contributed by atoms with Crippen LogP contribution in [0.4, 0.5) is 0 Å². The molecule has 122 valence electrons. The molecule has 0 aromatic carbocycles. The predicted molar refractivity (Wildman–Crippen MR) is 79.1 cm³/mol. The molecule has 0 saturated heterocycles. The van der Waals surface area contributed by atoms with Crippen molar-refractivity contribution in [3.05, 3.63) is 46.1 Å². The minimum atomic E-state index is -0.495. The third-order valence-corrected chi connectivity index (χ3v) is 3.98. The number of nitrogens with one attached hydrogen (secondary N) is 2. The number of carbonyl (C=O) groups is 1. The van der Waals surface area contributed by atoms with Crippen LogP contribution in [0, 0.1) is 5.92 Å². The highest BCUT2D eigenvalue weighted by Crippen LogP contribution is 2.38. The van der Waals surface area contributed by atoms with Crippen molar-refractivity contribution in [2.75, 3.05) is 7.11 Å². The lowest BCUT2D eigenvalue weighted by molar-refractivity contribution is 0.0231. The van der Waals surface area contributed by atoms with Gasteiger partial charge in [-0.2, -0.15) is 5.16 Å². The van der Waals surface area contributed by atoms with Gasteiger partial charge in [-0.05, 0) is 24.3 Å². The van der Waals surface area contributed by atoms with Crippen LogP contribution < -0.4 is 15.6 Å². The number of rotatable bonds is 5. The molecule has 1 aliphatic rings. The van der Waals surface area contributed by atoms with E-state index in [1.54, 1.807) is 12.3 Å². The number of methoxy groups -OCH3 is 1. The number of aromatic nitrogens is 2. The zero-order valence-corrected chi connectivity index (χ0v) is 12.5. The molecule has 1 atom stereocenters. The Morgan fingerprint density at radius 2 is 2.30 bits per heavy atom. The molecule has 1 saturated carbocycles. The maximum Gasteiger partial charge on any atom is 0.290 e. The number of pyridine rings is 1. The SMILES string of the molecule is COc1ccc(C(NC(=O)c2cc(=O)[nH]o2)C2CC(O)C2)cn1. The van der Waals surface area contributed by atoms with Gasteiger partial charge in [0.15, 0.2) is 0 Å². The first-order chi connectivity index (χ1) is 11.1. The van der Waals surface area contributed by atoms with E-state index in [4.69, 9.17) is 9.26 Å². The standard InChI is InChI=1S/C15H17N3O5/c1-22-13-3-2-8(7-16-13)14(9-4-10(19)5-9)17-15(21)11-6-12(20)18-23-11/h2-3,6-7,9-10,14,19H,4-5H2,1H3,(H,17,21)(H,18,20). The molecule has 0 radical (unpaired) electrons. The summed E-state index contributed by atoms with van der Waals surface area (Å²) in [6, 6.07) is 4.28. The lowest BCUT2D eigenvalue weighted by atomic mass is 9.75. The van der Waals surface area contributed by atoms with Crippen LogP contribution in [0.15, 0.2) is 33.7 Å². The van der Waals surface area contributed by atoms with Crippen molar-refractivity contribution in [2.24, 2.45) is 5.92 Å². The zero-order chi connectivity index (χ0) is 16.4. The lowest BCUT2D eigenvalue weighted by Crippen LogP contribution is -2.41. The molecule has 2 heterocycles. The Morgan fingerprint density at radius 3 is 2.83 bits per heavy atom. The van der Waals surface area contributed by atoms with Crippen molar-refractivity contribution < 1.29 is 19.2 Å². The summed E-state index contributed by atoms with van der Waals surface area (Å²) in [7, 11) is 1.53. The van der Waals surface area contributed by atoms with Crippen LogP contribution in [-0.2, 0) is 0 Å². The minimum Gasteiger partial charge on any atom is -0.481 e. The van der Waals surface area contributed by atoms with E-state index in [-0.39, 0.29) is 23.8 Å². The molecular formula is C15H17N3O5. The second kappa shape index (κ2) is 6.25. The molecule has 1 fully saturated rings. The van der Waals surface area contributed by atoms with Gasteiger partial charge in [0.2, 0.25) is 11.6 Å². The van der Waals surface area contributed by atoms with E-state index in [1.165, 1.54) is 7.11 Å². The number of aromatic amines is 1. The normalized spacial score (nSPS) is 21.3. The quantitative estimate of drug-likeness (QED) is 0.743. The van der Waals surface area contributed by atoms with Crippen molar-refractivity contribution >= 4 is 5.91 Å². The van der Waals surface area contributed by atoms with Crippen molar-refractivity contribution in [3.63, 3.8) is 0 Å². The van der Waals surface area contributed by atoms with Gasteiger partial charge in [0, 0.05) is 12.3 Å². The van der Waals surface area contributed by atoms with Crippen molar-refractivity contribution in [3.8, 4) is 5.88 Å². The molecule has 2 aromatic rings. The van der Waals surface area contributed by atoms with E-state index < -0.39 is 11.5 Å². The summed E-state index contributed by atoms with van der Waals surface area (Å²) >= 11 is 0. The third kappa shape index (κ3) is 3.26. The first-order valence-corrected chi connectivity index (χ1v) is 7.24. The van der Waals surface area contributed by atoms with Gasteiger partial charge in [-0.3, -0.25) is 9.59 Å². The summed E-state index contributed by atoms with van der Waals surface area (Å²) in [5.41, 5.74) is 0.325. The maximum atomic E-state index is 12.2. The molecule has 3 rings (SSSR count). The molecule has 2 aromatic heterocycles. The Balaban J connectivity index is 1.80. The maximum absolute atomic E-state index is 12.2. The van der Waals surface area contributed by atoms with Gasteiger partial charge in [-0.25, -0.2) is 4.98 Å². The molecule has 0 spiro atoms. The summed E-state index contributed by atoms with van der Waals surface area (Å²) in [6.45, 7) is 0. The molecule has 23 heavy (non-hydrogen) atoms. The topological polar surface area (TPSA) is 117 Å². The fourth-order valence-electron chi connectivity index (χ4n) is 2.68. The molecule has 1 amide bonds. The van der Waals surface area contributed by atoms with Gasteiger partial charge >= 0.3 is 0 Å². The van der Waals surface area contributed by atoms with Gasteiger partial charge < -0.3 is 19.7 Å². The van der Waals surface area contributed by atoms with Crippen LogP contribution in [0.2, 0.25) is 0 Å². The molecular weight excluding hydrogens is 302 g/mol. The molecule has 8 nitrogen and oxygen atoms in total. The zero-order valence-electron chi connectivity index (χ0n) is 12.5. The van der Waals surface area contributed by atoms with E-state index in [1.807, 2.05) is 6.07 Å². The van der Waals surface area contributed by atoms with Crippen LogP contribution in [0.25, 0.3) is 0 Å². The highest BCUT2D eigenvalue weighted by atomic mass is 16.5. The number of H-pyrrole nitrogens is 1.